The van der Waals surface area contributed by atoms with E-state index >= 15 is 0 Å². The summed E-state index contributed by atoms with van der Waals surface area (Å²) in [5.74, 6) is 0. The minimum Gasteiger partial charge on any atom is -0.399 e. The van der Waals surface area contributed by atoms with E-state index in [0.717, 1.165) is 37.9 Å². The number of rotatable bonds is 4. The Bertz CT molecular complexity index is 557. The molecule has 1 saturated carbocycles. The van der Waals surface area contributed by atoms with Gasteiger partial charge < -0.3 is 5.73 Å². The van der Waals surface area contributed by atoms with Crippen LogP contribution in [0.2, 0.25) is 0 Å². The lowest BCUT2D eigenvalue weighted by molar-refractivity contribution is 0.186. The van der Waals surface area contributed by atoms with Gasteiger partial charge in [0.25, 0.3) is 0 Å². The molecule has 0 heterocycles. The van der Waals surface area contributed by atoms with Gasteiger partial charge >= 0.3 is 0 Å². The lowest BCUT2D eigenvalue weighted by atomic mass is 9.93. The molecule has 1 aliphatic rings. The molecule has 5 heteroatoms. The number of nitrogens with zero attached hydrogens (tertiary/aromatic N) is 1. The molecular formula is C15H24N2O2S. The maximum atomic E-state index is 11.7. The molecule has 0 spiro atoms. The average molecular weight is 296 g/mol. The van der Waals surface area contributed by atoms with E-state index in [0.29, 0.717) is 6.04 Å². The predicted octanol–water partition coefficient (Wildman–Crippen LogP) is 2.06. The van der Waals surface area contributed by atoms with Gasteiger partial charge in [-0.15, -0.1) is 0 Å². The first-order valence-electron chi connectivity index (χ1n) is 7.10. The van der Waals surface area contributed by atoms with Gasteiger partial charge in [0.05, 0.1) is 5.25 Å². The van der Waals surface area contributed by atoms with Gasteiger partial charge in [0.15, 0.2) is 0 Å². The molecule has 20 heavy (non-hydrogen) atoms. The molecule has 0 aliphatic heterocycles. The summed E-state index contributed by atoms with van der Waals surface area (Å²) in [6.07, 6.45) is 4.98. The van der Waals surface area contributed by atoms with Crippen LogP contribution in [0.15, 0.2) is 24.3 Å². The Hall–Kier alpha value is -1.07. The normalized spacial score (nSPS) is 23.9. The first kappa shape index (κ1) is 15.3. The van der Waals surface area contributed by atoms with Gasteiger partial charge in [0.1, 0.15) is 9.84 Å². The molecule has 4 nitrogen and oxygen atoms in total. The number of hydrogen-bond acceptors (Lipinski definition) is 4. The summed E-state index contributed by atoms with van der Waals surface area (Å²) in [4.78, 5) is 2.26. The van der Waals surface area contributed by atoms with Gasteiger partial charge in [-0.05, 0) is 44.0 Å². The van der Waals surface area contributed by atoms with Crippen LogP contribution in [-0.2, 0) is 16.4 Å². The third kappa shape index (κ3) is 3.96. The maximum Gasteiger partial charge on any atom is 0.150 e. The van der Waals surface area contributed by atoms with Crippen molar-refractivity contribution in [1.82, 2.24) is 4.90 Å². The van der Waals surface area contributed by atoms with Crippen molar-refractivity contribution < 1.29 is 8.42 Å². The number of nitrogens with two attached hydrogens (primary N) is 1. The van der Waals surface area contributed by atoms with E-state index in [2.05, 4.69) is 18.0 Å². The second kappa shape index (κ2) is 6.14. The number of sulfone groups is 1. The van der Waals surface area contributed by atoms with Gasteiger partial charge in [0, 0.05) is 24.5 Å². The second-order valence-electron chi connectivity index (χ2n) is 5.93. The fraction of sp³-hybridized carbons (Fsp3) is 0.600. The highest BCUT2D eigenvalue weighted by Crippen LogP contribution is 2.27. The van der Waals surface area contributed by atoms with Crippen molar-refractivity contribution in [3.8, 4) is 0 Å². The molecule has 1 aromatic rings. The highest BCUT2D eigenvalue weighted by atomic mass is 32.2. The summed E-state index contributed by atoms with van der Waals surface area (Å²) in [5.41, 5.74) is 7.74. The molecule has 2 N–H and O–H groups in total. The number of hydrogen-bond donors (Lipinski definition) is 1. The van der Waals surface area contributed by atoms with Crippen molar-refractivity contribution in [2.24, 2.45) is 0 Å². The molecule has 112 valence electrons. The van der Waals surface area contributed by atoms with Crippen LogP contribution < -0.4 is 5.73 Å². The maximum absolute atomic E-state index is 11.7. The van der Waals surface area contributed by atoms with Crippen LogP contribution in [0.3, 0.4) is 0 Å². The van der Waals surface area contributed by atoms with Crippen molar-refractivity contribution in [3.05, 3.63) is 29.8 Å². The Morgan fingerprint density at radius 2 is 2.10 bits per heavy atom. The van der Waals surface area contributed by atoms with E-state index < -0.39 is 9.84 Å². The molecule has 1 aliphatic carbocycles. The lowest BCUT2D eigenvalue weighted by Crippen LogP contribution is -2.39. The number of benzene rings is 1. The topological polar surface area (TPSA) is 63.4 Å². The lowest BCUT2D eigenvalue weighted by Gasteiger charge is -2.34. The number of nitrogen functional groups attached to an aromatic ring is 1. The van der Waals surface area contributed by atoms with Crippen LogP contribution in [0, 0.1) is 0 Å². The molecule has 1 aromatic carbocycles. The quantitative estimate of drug-likeness (QED) is 0.864. The van der Waals surface area contributed by atoms with Crippen LogP contribution in [0.4, 0.5) is 5.69 Å². The van der Waals surface area contributed by atoms with Gasteiger partial charge in [-0.1, -0.05) is 18.6 Å². The third-order valence-electron chi connectivity index (χ3n) is 4.21. The summed E-state index contributed by atoms with van der Waals surface area (Å²) >= 11 is 0. The zero-order chi connectivity index (χ0) is 14.8. The molecule has 0 aromatic heterocycles. The standard InChI is InChI=1S/C15H24N2O2S/c1-17(11-12-5-3-6-13(16)9-12)14-7-4-8-15(10-14)20(2,18)19/h3,5-6,9,14-15H,4,7-8,10-11,16H2,1-2H3. The Kier molecular flexibility index (Phi) is 4.70. The summed E-state index contributed by atoms with van der Waals surface area (Å²) < 4.78 is 23.4. The minimum atomic E-state index is -2.92. The van der Waals surface area contributed by atoms with Crippen molar-refractivity contribution in [3.63, 3.8) is 0 Å². The average Bonchev–Trinajstić information content (AvgIpc) is 2.38. The fourth-order valence-corrected chi connectivity index (χ4v) is 4.18. The molecule has 0 saturated heterocycles. The minimum absolute atomic E-state index is 0.176. The molecule has 0 amide bonds. The summed E-state index contributed by atoms with van der Waals surface area (Å²) in [7, 11) is -0.851. The zero-order valence-corrected chi connectivity index (χ0v) is 13.1. The zero-order valence-electron chi connectivity index (χ0n) is 12.2. The van der Waals surface area contributed by atoms with Gasteiger partial charge in [-0.3, -0.25) is 4.90 Å². The van der Waals surface area contributed by atoms with E-state index in [9.17, 15) is 8.42 Å². The van der Waals surface area contributed by atoms with E-state index in [-0.39, 0.29) is 5.25 Å². The van der Waals surface area contributed by atoms with Crippen LogP contribution in [-0.4, -0.2) is 37.9 Å². The van der Waals surface area contributed by atoms with Crippen molar-refractivity contribution in [2.75, 3.05) is 19.0 Å². The predicted molar refractivity (Wildman–Crippen MR) is 83.2 cm³/mol. The Morgan fingerprint density at radius 3 is 2.75 bits per heavy atom. The highest BCUT2D eigenvalue weighted by molar-refractivity contribution is 7.91. The van der Waals surface area contributed by atoms with Gasteiger partial charge in [-0.2, -0.15) is 0 Å². The van der Waals surface area contributed by atoms with E-state index in [1.807, 2.05) is 18.2 Å². The fourth-order valence-electron chi connectivity index (χ4n) is 3.02. The van der Waals surface area contributed by atoms with Crippen molar-refractivity contribution in [1.29, 1.82) is 0 Å². The van der Waals surface area contributed by atoms with Gasteiger partial charge in [-0.25, -0.2) is 8.42 Å². The summed E-state index contributed by atoms with van der Waals surface area (Å²) in [6, 6.07) is 8.21. The van der Waals surface area contributed by atoms with E-state index in [1.165, 1.54) is 11.8 Å². The monoisotopic (exact) mass is 296 g/mol. The number of anilines is 1. The van der Waals surface area contributed by atoms with Crippen LogP contribution in [0.5, 0.6) is 0 Å². The Morgan fingerprint density at radius 1 is 1.35 bits per heavy atom. The molecule has 1 fully saturated rings. The van der Waals surface area contributed by atoms with Crippen molar-refractivity contribution >= 4 is 15.5 Å². The van der Waals surface area contributed by atoms with E-state index in [4.69, 9.17) is 5.73 Å². The van der Waals surface area contributed by atoms with Crippen LogP contribution in [0.1, 0.15) is 31.2 Å². The molecule has 0 bridgehead atoms. The molecule has 0 radical (unpaired) electrons. The first-order chi connectivity index (χ1) is 9.36. The third-order valence-corrected chi connectivity index (χ3v) is 5.85. The second-order valence-corrected chi connectivity index (χ2v) is 8.26. The molecular weight excluding hydrogens is 272 g/mol. The van der Waals surface area contributed by atoms with E-state index in [1.54, 1.807) is 0 Å². The van der Waals surface area contributed by atoms with Crippen LogP contribution in [0.25, 0.3) is 0 Å². The van der Waals surface area contributed by atoms with Gasteiger partial charge in [0.2, 0.25) is 0 Å². The van der Waals surface area contributed by atoms with Crippen molar-refractivity contribution in [2.45, 2.75) is 43.5 Å². The molecule has 2 atom stereocenters. The Balaban J connectivity index is 2.00. The highest BCUT2D eigenvalue weighted by Gasteiger charge is 2.30. The van der Waals surface area contributed by atoms with Crippen LogP contribution >= 0.6 is 0 Å². The molecule has 2 unspecified atom stereocenters. The summed E-state index contributed by atoms with van der Waals surface area (Å²) in [6.45, 7) is 0.812. The summed E-state index contributed by atoms with van der Waals surface area (Å²) in [5, 5.41) is -0.176. The molecule has 2 rings (SSSR count). The largest absolute Gasteiger partial charge is 0.399 e. The SMILES string of the molecule is CN(Cc1cccc(N)c1)C1CCCC(S(C)(=O)=O)C1. The first-order valence-corrected chi connectivity index (χ1v) is 9.05. The smallest absolute Gasteiger partial charge is 0.150 e. The Labute approximate surface area is 121 Å².